The molecule has 1 heterocycles. The molecular weight excluding hydrogens is 408 g/mol. The standard InChI is InChI=1S/C17H19BrN2O4S/c1-20(9-11-8-12(18)4-5-14(11)23-2)10-15(21)19-13-6-7-25-16(13)17(22)24-3/h4-8H,9-10H2,1-3H3,(H,19,21). The van der Waals surface area contributed by atoms with Crippen molar-refractivity contribution in [3.05, 3.63) is 44.6 Å². The molecule has 6 nitrogen and oxygen atoms in total. The number of amides is 1. The lowest BCUT2D eigenvalue weighted by molar-refractivity contribution is -0.117. The van der Waals surface area contributed by atoms with Gasteiger partial charge in [0.15, 0.2) is 0 Å². The number of methoxy groups -OCH3 is 2. The van der Waals surface area contributed by atoms with E-state index in [1.54, 1.807) is 18.6 Å². The number of hydrogen-bond acceptors (Lipinski definition) is 6. The third-order valence-corrected chi connectivity index (χ3v) is 4.79. The lowest BCUT2D eigenvalue weighted by Crippen LogP contribution is -2.30. The Balaban J connectivity index is 1.98. The van der Waals surface area contributed by atoms with E-state index < -0.39 is 5.97 Å². The van der Waals surface area contributed by atoms with Gasteiger partial charge in [0.05, 0.1) is 26.5 Å². The van der Waals surface area contributed by atoms with Crippen LogP contribution < -0.4 is 10.1 Å². The van der Waals surface area contributed by atoms with Crippen LogP contribution in [0, 0.1) is 0 Å². The van der Waals surface area contributed by atoms with Gasteiger partial charge < -0.3 is 14.8 Å². The monoisotopic (exact) mass is 426 g/mol. The Kier molecular flexibility index (Phi) is 6.98. The number of hydrogen-bond donors (Lipinski definition) is 1. The normalized spacial score (nSPS) is 10.6. The van der Waals surface area contributed by atoms with Crippen molar-refractivity contribution in [3.63, 3.8) is 0 Å². The smallest absolute Gasteiger partial charge is 0.350 e. The fraction of sp³-hybridized carbons (Fsp3) is 0.294. The second kappa shape index (κ2) is 8.98. The molecule has 134 valence electrons. The largest absolute Gasteiger partial charge is 0.496 e. The lowest BCUT2D eigenvalue weighted by atomic mass is 10.2. The number of ether oxygens (including phenoxy) is 2. The number of esters is 1. The highest BCUT2D eigenvalue weighted by atomic mass is 79.9. The topological polar surface area (TPSA) is 67.9 Å². The summed E-state index contributed by atoms with van der Waals surface area (Å²) in [6.45, 7) is 0.718. The maximum atomic E-state index is 12.3. The second-order valence-electron chi connectivity index (χ2n) is 5.33. The molecule has 0 fully saturated rings. The van der Waals surface area contributed by atoms with E-state index >= 15 is 0 Å². The molecule has 0 atom stereocenters. The number of likely N-dealkylation sites (N-methyl/N-ethyl adjacent to an activating group) is 1. The lowest BCUT2D eigenvalue weighted by Gasteiger charge is -2.18. The molecule has 1 aromatic heterocycles. The van der Waals surface area contributed by atoms with Gasteiger partial charge in [-0.15, -0.1) is 11.3 Å². The van der Waals surface area contributed by atoms with Crippen LogP contribution in [-0.4, -0.2) is 44.6 Å². The summed E-state index contributed by atoms with van der Waals surface area (Å²) in [5.41, 5.74) is 1.44. The molecule has 0 aliphatic heterocycles. The molecule has 2 rings (SSSR count). The fourth-order valence-corrected chi connectivity index (χ4v) is 3.49. The summed E-state index contributed by atoms with van der Waals surface area (Å²) in [6, 6.07) is 7.43. The molecule has 0 spiro atoms. The Morgan fingerprint density at radius 3 is 2.72 bits per heavy atom. The van der Waals surface area contributed by atoms with Gasteiger partial charge in [0.25, 0.3) is 0 Å². The van der Waals surface area contributed by atoms with E-state index in [2.05, 4.69) is 21.2 Å². The molecule has 0 saturated carbocycles. The average molecular weight is 427 g/mol. The Hall–Kier alpha value is -1.90. The van der Waals surface area contributed by atoms with Gasteiger partial charge in [-0.05, 0) is 36.7 Å². The Morgan fingerprint density at radius 2 is 2.04 bits per heavy atom. The third-order valence-electron chi connectivity index (χ3n) is 3.41. The van der Waals surface area contributed by atoms with Crippen molar-refractivity contribution >= 4 is 44.8 Å². The van der Waals surface area contributed by atoms with Crippen LogP contribution in [0.2, 0.25) is 0 Å². The van der Waals surface area contributed by atoms with Gasteiger partial charge in [-0.1, -0.05) is 15.9 Å². The zero-order chi connectivity index (χ0) is 18.4. The predicted octanol–water partition coefficient (Wildman–Crippen LogP) is 3.38. The summed E-state index contributed by atoms with van der Waals surface area (Å²) in [5.74, 6) is 0.0961. The van der Waals surface area contributed by atoms with Crippen molar-refractivity contribution in [2.24, 2.45) is 0 Å². The minimum Gasteiger partial charge on any atom is -0.496 e. The van der Waals surface area contributed by atoms with E-state index in [0.717, 1.165) is 15.8 Å². The number of carbonyl (C=O) groups is 2. The number of nitrogens with one attached hydrogen (secondary N) is 1. The Morgan fingerprint density at radius 1 is 1.28 bits per heavy atom. The number of benzene rings is 1. The molecule has 0 aliphatic carbocycles. The zero-order valence-electron chi connectivity index (χ0n) is 14.2. The van der Waals surface area contributed by atoms with E-state index in [1.807, 2.05) is 30.1 Å². The molecule has 8 heteroatoms. The van der Waals surface area contributed by atoms with Crippen molar-refractivity contribution in [2.45, 2.75) is 6.54 Å². The van der Waals surface area contributed by atoms with Crippen LogP contribution >= 0.6 is 27.3 Å². The van der Waals surface area contributed by atoms with E-state index in [1.165, 1.54) is 18.4 Å². The zero-order valence-corrected chi connectivity index (χ0v) is 16.6. The number of nitrogens with zero attached hydrogens (tertiary/aromatic N) is 1. The van der Waals surface area contributed by atoms with Crippen molar-refractivity contribution < 1.29 is 19.1 Å². The minimum atomic E-state index is -0.461. The van der Waals surface area contributed by atoms with Crippen LogP contribution in [0.1, 0.15) is 15.2 Å². The summed E-state index contributed by atoms with van der Waals surface area (Å²) in [4.78, 5) is 26.2. The number of rotatable bonds is 7. The van der Waals surface area contributed by atoms with E-state index in [9.17, 15) is 9.59 Å². The highest BCUT2D eigenvalue weighted by Crippen LogP contribution is 2.25. The van der Waals surface area contributed by atoms with Crippen LogP contribution in [0.25, 0.3) is 0 Å². The first kappa shape index (κ1) is 19.4. The van der Waals surface area contributed by atoms with Crippen LogP contribution in [0.5, 0.6) is 5.75 Å². The van der Waals surface area contributed by atoms with E-state index in [4.69, 9.17) is 9.47 Å². The second-order valence-corrected chi connectivity index (χ2v) is 7.16. The van der Waals surface area contributed by atoms with Crippen molar-refractivity contribution in [3.8, 4) is 5.75 Å². The van der Waals surface area contributed by atoms with Crippen LogP contribution in [0.4, 0.5) is 5.69 Å². The van der Waals surface area contributed by atoms with Gasteiger partial charge >= 0.3 is 5.97 Å². The van der Waals surface area contributed by atoms with Crippen LogP contribution in [0.3, 0.4) is 0 Å². The molecule has 1 aromatic carbocycles. The van der Waals surface area contributed by atoms with Crippen LogP contribution in [-0.2, 0) is 16.1 Å². The predicted molar refractivity (Wildman–Crippen MR) is 101 cm³/mol. The maximum Gasteiger partial charge on any atom is 0.350 e. The molecule has 25 heavy (non-hydrogen) atoms. The highest BCUT2D eigenvalue weighted by molar-refractivity contribution is 9.10. The minimum absolute atomic E-state index is 0.173. The first-order valence-corrected chi connectivity index (χ1v) is 9.08. The Labute approximate surface area is 158 Å². The first-order chi connectivity index (χ1) is 11.9. The number of halogens is 1. The number of anilines is 1. The fourth-order valence-electron chi connectivity index (χ4n) is 2.31. The summed E-state index contributed by atoms with van der Waals surface area (Å²) >= 11 is 4.67. The Bertz CT molecular complexity index is 763. The van der Waals surface area contributed by atoms with Gasteiger partial charge in [-0.25, -0.2) is 4.79 Å². The molecule has 1 amide bonds. The van der Waals surface area contributed by atoms with E-state index in [-0.39, 0.29) is 12.5 Å². The van der Waals surface area contributed by atoms with Gasteiger partial charge in [-0.2, -0.15) is 0 Å². The van der Waals surface area contributed by atoms with E-state index in [0.29, 0.717) is 17.1 Å². The highest BCUT2D eigenvalue weighted by Gasteiger charge is 2.17. The summed E-state index contributed by atoms with van der Waals surface area (Å²) in [6.07, 6.45) is 0. The van der Waals surface area contributed by atoms with Gasteiger partial charge in [-0.3, -0.25) is 9.69 Å². The third kappa shape index (κ3) is 5.29. The quantitative estimate of drug-likeness (QED) is 0.687. The number of carbonyl (C=O) groups excluding carboxylic acids is 2. The summed E-state index contributed by atoms with van der Waals surface area (Å²) in [7, 11) is 4.77. The molecule has 0 bridgehead atoms. The van der Waals surface area contributed by atoms with Gasteiger partial charge in [0, 0.05) is 16.6 Å². The molecular formula is C17H19BrN2O4S. The SMILES string of the molecule is COC(=O)c1sccc1NC(=O)CN(C)Cc1cc(Br)ccc1OC. The number of thiophene rings is 1. The van der Waals surface area contributed by atoms with Gasteiger partial charge in [0.2, 0.25) is 5.91 Å². The molecule has 0 radical (unpaired) electrons. The van der Waals surface area contributed by atoms with Gasteiger partial charge in [0.1, 0.15) is 10.6 Å². The first-order valence-electron chi connectivity index (χ1n) is 7.41. The van der Waals surface area contributed by atoms with Crippen LogP contribution in [0.15, 0.2) is 34.1 Å². The molecule has 0 aliphatic rings. The molecule has 2 aromatic rings. The average Bonchev–Trinajstić information content (AvgIpc) is 3.02. The van der Waals surface area contributed by atoms with Crippen molar-refractivity contribution in [2.75, 3.05) is 33.1 Å². The molecule has 0 saturated heterocycles. The molecule has 0 unspecified atom stereocenters. The molecule has 1 N–H and O–H groups in total. The maximum absolute atomic E-state index is 12.3. The summed E-state index contributed by atoms with van der Waals surface area (Å²) < 4.78 is 11.0. The van der Waals surface area contributed by atoms with Crippen molar-refractivity contribution in [1.29, 1.82) is 0 Å². The summed E-state index contributed by atoms with van der Waals surface area (Å²) in [5, 5.41) is 4.48. The van der Waals surface area contributed by atoms with Crippen molar-refractivity contribution in [1.82, 2.24) is 4.90 Å².